The molecule has 0 saturated heterocycles. The highest BCUT2D eigenvalue weighted by molar-refractivity contribution is 7.98. The first kappa shape index (κ1) is 17.6. The molecule has 1 unspecified atom stereocenters. The molecule has 0 heterocycles. The Morgan fingerprint density at radius 1 is 1.43 bits per heavy atom. The number of hydrogen-bond donors (Lipinski definition) is 1. The fourth-order valence-corrected chi connectivity index (χ4v) is 2.58. The third-order valence-corrected chi connectivity index (χ3v) is 4.00. The summed E-state index contributed by atoms with van der Waals surface area (Å²) >= 11 is 1.79. The number of benzene rings is 1. The fourth-order valence-electron chi connectivity index (χ4n) is 2.01. The van der Waals surface area contributed by atoms with E-state index in [4.69, 9.17) is 5.11 Å². The van der Waals surface area contributed by atoms with Crippen LogP contribution in [0, 0.1) is 18.8 Å². The summed E-state index contributed by atoms with van der Waals surface area (Å²) in [5.41, 5.74) is 2.40. The second-order valence-corrected chi connectivity index (χ2v) is 6.08. The molecule has 1 rings (SSSR count). The Bertz CT molecular complexity index is 545. The summed E-state index contributed by atoms with van der Waals surface area (Å²) in [4.78, 5) is 14.3. The molecule has 0 bridgehead atoms. The van der Waals surface area contributed by atoms with Crippen molar-refractivity contribution in [3.8, 4) is 11.8 Å². The lowest BCUT2D eigenvalue weighted by Gasteiger charge is -2.25. The first-order chi connectivity index (χ1) is 9.99. The van der Waals surface area contributed by atoms with Gasteiger partial charge in [-0.1, -0.05) is 11.8 Å². The Balaban J connectivity index is 2.93. The quantitative estimate of drug-likeness (QED) is 0.850. The Labute approximate surface area is 131 Å². The molecule has 1 aromatic rings. The Kier molecular flexibility index (Phi) is 7.35. The third-order valence-electron chi connectivity index (χ3n) is 3.36. The smallest absolute Gasteiger partial charge is 0.253 e. The normalized spacial score (nSPS) is 11.5. The molecule has 3 nitrogen and oxygen atoms in total. The van der Waals surface area contributed by atoms with E-state index in [2.05, 4.69) is 25.0 Å². The zero-order valence-electron chi connectivity index (χ0n) is 13.1. The van der Waals surface area contributed by atoms with Gasteiger partial charge in [-0.15, -0.1) is 0 Å². The van der Waals surface area contributed by atoms with Crippen molar-refractivity contribution in [3.63, 3.8) is 0 Å². The molecule has 0 saturated carbocycles. The average molecular weight is 305 g/mol. The Morgan fingerprint density at radius 3 is 2.76 bits per heavy atom. The average Bonchev–Trinajstić information content (AvgIpc) is 2.48. The summed E-state index contributed by atoms with van der Waals surface area (Å²) in [5, 5.41) is 8.77. The van der Waals surface area contributed by atoms with Gasteiger partial charge in [0.2, 0.25) is 0 Å². The van der Waals surface area contributed by atoms with Crippen LogP contribution in [0.1, 0.15) is 34.8 Å². The first-order valence-corrected chi connectivity index (χ1v) is 8.36. The van der Waals surface area contributed by atoms with Gasteiger partial charge < -0.3 is 10.0 Å². The lowest BCUT2D eigenvalue weighted by Crippen LogP contribution is -2.35. The summed E-state index contributed by atoms with van der Waals surface area (Å²) < 4.78 is 0. The van der Waals surface area contributed by atoms with Crippen molar-refractivity contribution in [2.75, 3.05) is 25.7 Å². The second-order valence-electron chi connectivity index (χ2n) is 5.09. The SMILES string of the molecule is CSCCC(C)N(C)C(=O)c1cc(C)cc(C#CCO)c1. The highest BCUT2D eigenvalue weighted by atomic mass is 32.2. The van der Waals surface area contributed by atoms with Gasteiger partial charge in [0, 0.05) is 24.2 Å². The molecule has 1 atom stereocenters. The standard InChI is InChI=1S/C17H23NO2S/c1-13-10-15(6-5-8-19)12-16(11-13)17(20)18(3)14(2)7-9-21-4/h10-12,14,19H,7-9H2,1-4H3. The lowest BCUT2D eigenvalue weighted by atomic mass is 10.0. The molecule has 1 amide bonds. The van der Waals surface area contributed by atoms with Crippen LogP contribution in [0.15, 0.2) is 18.2 Å². The van der Waals surface area contributed by atoms with Gasteiger partial charge in [-0.25, -0.2) is 0 Å². The highest BCUT2D eigenvalue weighted by Crippen LogP contribution is 2.14. The van der Waals surface area contributed by atoms with Gasteiger partial charge in [-0.05, 0) is 56.0 Å². The van der Waals surface area contributed by atoms with Crippen LogP contribution >= 0.6 is 11.8 Å². The molecule has 4 heteroatoms. The van der Waals surface area contributed by atoms with E-state index >= 15 is 0 Å². The maximum atomic E-state index is 12.5. The molecular weight excluding hydrogens is 282 g/mol. The largest absolute Gasteiger partial charge is 0.384 e. The number of aryl methyl sites for hydroxylation is 1. The van der Waals surface area contributed by atoms with E-state index in [9.17, 15) is 4.79 Å². The van der Waals surface area contributed by atoms with Crippen LogP contribution in [0.2, 0.25) is 0 Å². The van der Waals surface area contributed by atoms with Crippen molar-refractivity contribution in [3.05, 3.63) is 34.9 Å². The van der Waals surface area contributed by atoms with E-state index in [0.717, 1.165) is 23.3 Å². The number of amides is 1. The number of thioether (sulfide) groups is 1. The van der Waals surface area contributed by atoms with Crippen LogP contribution in [0.25, 0.3) is 0 Å². The molecule has 114 valence electrons. The van der Waals surface area contributed by atoms with Crippen LogP contribution in [0.3, 0.4) is 0 Å². The van der Waals surface area contributed by atoms with Crippen molar-refractivity contribution in [1.29, 1.82) is 0 Å². The van der Waals surface area contributed by atoms with Gasteiger partial charge in [-0.3, -0.25) is 4.79 Å². The van der Waals surface area contributed by atoms with Crippen LogP contribution in [0.5, 0.6) is 0 Å². The molecule has 0 radical (unpaired) electrons. The monoisotopic (exact) mass is 305 g/mol. The Morgan fingerprint density at radius 2 is 2.14 bits per heavy atom. The van der Waals surface area contributed by atoms with E-state index in [-0.39, 0.29) is 18.6 Å². The molecule has 0 fully saturated rings. The number of aliphatic hydroxyl groups is 1. The van der Waals surface area contributed by atoms with Gasteiger partial charge >= 0.3 is 0 Å². The van der Waals surface area contributed by atoms with E-state index in [1.165, 1.54) is 0 Å². The lowest BCUT2D eigenvalue weighted by molar-refractivity contribution is 0.0741. The summed E-state index contributed by atoms with van der Waals surface area (Å²) in [6.07, 6.45) is 3.05. The van der Waals surface area contributed by atoms with Crippen LogP contribution in [-0.2, 0) is 0 Å². The van der Waals surface area contributed by atoms with E-state index in [0.29, 0.717) is 5.56 Å². The van der Waals surface area contributed by atoms with E-state index < -0.39 is 0 Å². The zero-order valence-corrected chi connectivity index (χ0v) is 14.0. The van der Waals surface area contributed by atoms with Gasteiger partial charge in [0.05, 0.1) is 0 Å². The summed E-state index contributed by atoms with van der Waals surface area (Å²) in [6, 6.07) is 5.79. The molecule has 0 aliphatic heterocycles. The topological polar surface area (TPSA) is 40.5 Å². The van der Waals surface area contributed by atoms with Crippen molar-refractivity contribution < 1.29 is 9.90 Å². The number of carbonyl (C=O) groups excluding carboxylic acids is 1. The maximum absolute atomic E-state index is 12.5. The molecule has 0 spiro atoms. The number of hydrogen-bond acceptors (Lipinski definition) is 3. The van der Waals surface area contributed by atoms with Crippen LogP contribution in [0.4, 0.5) is 0 Å². The first-order valence-electron chi connectivity index (χ1n) is 6.97. The molecule has 21 heavy (non-hydrogen) atoms. The predicted octanol–water partition coefficient (Wildman–Crippen LogP) is 2.55. The van der Waals surface area contributed by atoms with Crippen molar-refractivity contribution >= 4 is 17.7 Å². The van der Waals surface area contributed by atoms with Gasteiger partial charge in [0.15, 0.2) is 0 Å². The minimum absolute atomic E-state index is 0.0133. The molecule has 1 N–H and O–H groups in total. The maximum Gasteiger partial charge on any atom is 0.253 e. The summed E-state index contributed by atoms with van der Waals surface area (Å²) in [7, 11) is 1.84. The minimum Gasteiger partial charge on any atom is -0.384 e. The number of carbonyl (C=O) groups is 1. The number of rotatable bonds is 5. The summed E-state index contributed by atoms with van der Waals surface area (Å²) in [6.45, 7) is 3.83. The van der Waals surface area contributed by atoms with Gasteiger partial charge in [0.25, 0.3) is 5.91 Å². The van der Waals surface area contributed by atoms with E-state index in [1.807, 2.05) is 26.1 Å². The summed E-state index contributed by atoms with van der Waals surface area (Å²) in [5.74, 6) is 6.53. The fraction of sp³-hybridized carbons (Fsp3) is 0.471. The molecule has 1 aromatic carbocycles. The van der Waals surface area contributed by atoms with Crippen LogP contribution < -0.4 is 0 Å². The van der Waals surface area contributed by atoms with Crippen molar-refractivity contribution in [2.24, 2.45) is 0 Å². The molecule has 0 aliphatic carbocycles. The second kappa shape index (κ2) is 8.76. The van der Waals surface area contributed by atoms with Crippen molar-refractivity contribution in [1.82, 2.24) is 4.90 Å². The van der Waals surface area contributed by atoms with Crippen LogP contribution in [-0.4, -0.2) is 47.6 Å². The van der Waals surface area contributed by atoms with E-state index in [1.54, 1.807) is 22.7 Å². The number of aliphatic hydroxyl groups excluding tert-OH is 1. The molecule has 0 aliphatic rings. The van der Waals surface area contributed by atoms with Gasteiger partial charge in [0.1, 0.15) is 6.61 Å². The number of nitrogens with zero attached hydrogens (tertiary/aromatic N) is 1. The molecule has 0 aromatic heterocycles. The third kappa shape index (κ3) is 5.45. The Hall–Kier alpha value is -1.44. The minimum atomic E-state index is -0.178. The predicted molar refractivity (Wildman–Crippen MR) is 89.7 cm³/mol. The highest BCUT2D eigenvalue weighted by Gasteiger charge is 2.17. The zero-order chi connectivity index (χ0) is 15.8. The van der Waals surface area contributed by atoms with Crippen molar-refractivity contribution in [2.45, 2.75) is 26.3 Å². The molecular formula is C17H23NO2S. The van der Waals surface area contributed by atoms with Gasteiger partial charge in [-0.2, -0.15) is 11.8 Å².